The molecule has 1 aliphatic rings. The Kier molecular flexibility index (Phi) is 5.56. The third-order valence-corrected chi connectivity index (χ3v) is 5.87. The Bertz CT molecular complexity index is 1130. The van der Waals surface area contributed by atoms with Crippen LogP contribution in [0.1, 0.15) is 27.9 Å². The summed E-state index contributed by atoms with van der Waals surface area (Å²) in [5, 5.41) is 12.0. The van der Waals surface area contributed by atoms with Crippen molar-refractivity contribution in [3.63, 3.8) is 0 Å². The molecule has 1 aliphatic heterocycles. The molecule has 6 heteroatoms. The van der Waals surface area contributed by atoms with Gasteiger partial charge in [0.2, 0.25) is 0 Å². The molecule has 3 aromatic rings. The van der Waals surface area contributed by atoms with Gasteiger partial charge in [0.05, 0.1) is 18.7 Å². The van der Waals surface area contributed by atoms with Gasteiger partial charge in [0.25, 0.3) is 5.91 Å². The first kappa shape index (κ1) is 21.1. The van der Waals surface area contributed by atoms with Gasteiger partial charge >= 0.3 is 0 Å². The molecule has 1 N–H and O–H groups in total. The number of rotatable bonds is 6. The van der Waals surface area contributed by atoms with Crippen molar-refractivity contribution < 1.29 is 14.7 Å². The fourth-order valence-electron chi connectivity index (χ4n) is 3.89. The molecule has 0 unspecified atom stereocenters. The third-order valence-electron chi connectivity index (χ3n) is 5.62. The Hall–Kier alpha value is -3.15. The van der Waals surface area contributed by atoms with Gasteiger partial charge in [-0.15, -0.1) is 0 Å². The summed E-state index contributed by atoms with van der Waals surface area (Å²) in [5.41, 5.74) is 1.46. The average Bonchev–Trinajstić information content (AvgIpc) is 2.97. The molecule has 0 aromatic heterocycles. The predicted molar refractivity (Wildman–Crippen MR) is 123 cm³/mol. The van der Waals surface area contributed by atoms with E-state index in [9.17, 15) is 14.7 Å². The molecule has 0 saturated heterocycles. The van der Waals surface area contributed by atoms with Crippen molar-refractivity contribution in [2.45, 2.75) is 18.6 Å². The van der Waals surface area contributed by atoms with E-state index in [4.69, 9.17) is 11.6 Å². The summed E-state index contributed by atoms with van der Waals surface area (Å²) in [4.78, 5) is 29.8. The van der Waals surface area contributed by atoms with E-state index >= 15 is 0 Å². The fraction of sp³-hybridized carbons (Fsp3) is 0.200. The van der Waals surface area contributed by atoms with Crippen LogP contribution in [0.5, 0.6) is 0 Å². The normalized spacial score (nSPS) is 17.5. The van der Waals surface area contributed by atoms with Gasteiger partial charge in [0.15, 0.2) is 11.4 Å². The highest BCUT2D eigenvalue weighted by molar-refractivity contribution is 6.30. The van der Waals surface area contributed by atoms with Crippen LogP contribution in [0.3, 0.4) is 0 Å². The monoisotopic (exact) mass is 434 g/mol. The van der Waals surface area contributed by atoms with Gasteiger partial charge in [-0.2, -0.15) is 0 Å². The number of carbonyl (C=O) groups is 2. The molecule has 0 aliphatic carbocycles. The average molecular weight is 435 g/mol. The van der Waals surface area contributed by atoms with E-state index in [0.717, 1.165) is 11.3 Å². The number of ketones is 1. The molecule has 0 radical (unpaired) electrons. The molecule has 0 saturated carbocycles. The zero-order valence-electron chi connectivity index (χ0n) is 17.4. The molecule has 4 rings (SSSR count). The minimum absolute atomic E-state index is 0.279. The number of benzene rings is 3. The molecule has 0 spiro atoms. The summed E-state index contributed by atoms with van der Waals surface area (Å²) >= 11 is 5.97. The Morgan fingerprint density at radius 3 is 2.29 bits per heavy atom. The summed E-state index contributed by atoms with van der Waals surface area (Å²) in [6.07, 6.45) is -0.318. The minimum atomic E-state index is -1.90. The molecule has 5 nitrogen and oxygen atoms in total. The summed E-state index contributed by atoms with van der Waals surface area (Å²) in [5.74, 6) is -0.786. The van der Waals surface area contributed by atoms with Crippen LogP contribution in [0.4, 0.5) is 11.4 Å². The Morgan fingerprint density at radius 1 is 1.00 bits per heavy atom. The van der Waals surface area contributed by atoms with Gasteiger partial charge in [-0.3, -0.25) is 9.59 Å². The molecule has 1 atom stereocenters. The van der Waals surface area contributed by atoms with Crippen LogP contribution in [0.2, 0.25) is 5.02 Å². The minimum Gasteiger partial charge on any atom is -0.378 e. The molecule has 1 heterocycles. The number of aliphatic hydroxyl groups is 1. The van der Waals surface area contributed by atoms with Gasteiger partial charge < -0.3 is 14.9 Å². The Labute approximate surface area is 186 Å². The number of nitrogens with zero attached hydrogens (tertiary/aromatic N) is 2. The first-order valence-corrected chi connectivity index (χ1v) is 10.4. The second kappa shape index (κ2) is 8.17. The smallest absolute Gasteiger partial charge is 0.264 e. The van der Waals surface area contributed by atoms with Crippen LogP contribution in [0.25, 0.3) is 0 Å². The highest BCUT2D eigenvalue weighted by Gasteiger charge is 2.50. The van der Waals surface area contributed by atoms with Crippen molar-refractivity contribution in [1.29, 1.82) is 0 Å². The summed E-state index contributed by atoms with van der Waals surface area (Å²) in [6, 6.07) is 21.4. The molecule has 31 heavy (non-hydrogen) atoms. The topological polar surface area (TPSA) is 60.9 Å². The van der Waals surface area contributed by atoms with Crippen molar-refractivity contribution in [2.75, 3.05) is 23.9 Å². The highest BCUT2D eigenvalue weighted by atomic mass is 35.5. The second-order valence-electron chi connectivity index (χ2n) is 7.94. The molecule has 158 valence electrons. The van der Waals surface area contributed by atoms with Gasteiger partial charge in [-0.25, -0.2) is 0 Å². The summed E-state index contributed by atoms with van der Waals surface area (Å²) in [7, 11) is 3.84. The number of Topliss-reactive ketones (excluding diaryl/α,β-unsaturated/α-hetero) is 1. The van der Waals surface area contributed by atoms with E-state index in [1.165, 1.54) is 4.90 Å². The fourth-order valence-corrected chi connectivity index (χ4v) is 4.01. The van der Waals surface area contributed by atoms with Crippen LogP contribution < -0.4 is 9.80 Å². The number of amides is 1. The molecule has 0 bridgehead atoms. The second-order valence-corrected chi connectivity index (χ2v) is 8.37. The van der Waals surface area contributed by atoms with Crippen LogP contribution in [-0.2, 0) is 16.9 Å². The number of para-hydroxylation sites is 1. The lowest BCUT2D eigenvalue weighted by atomic mass is 9.88. The van der Waals surface area contributed by atoms with E-state index < -0.39 is 11.5 Å². The van der Waals surface area contributed by atoms with Crippen LogP contribution in [0.15, 0.2) is 72.8 Å². The lowest BCUT2D eigenvalue weighted by molar-refractivity contribution is -0.136. The summed E-state index contributed by atoms with van der Waals surface area (Å²) in [6.45, 7) is 0.279. The lowest BCUT2D eigenvalue weighted by Gasteiger charge is -2.23. The maximum atomic E-state index is 13.4. The van der Waals surface area contributed by atoms with E-state index in [0.29, 0.717) is 21.8 Å². The van der Waals surface area contributed by atoms with Gasteiger partial charge in [-0.1, -0.05) is 41.9 Å². The number of carbonyl (C=O) groups excluding carboxylic acids is 2. The number of halogens is 1. The molecule has 0 fully saturated rings. The first-order valence-electron chi connectivity index (χ1n) is 9.98. The van der Waals surface area contributed by atoms with Crippen molar-refractivity contribution in [1.82, 2.24) is 0 Å². The first-order chi connectivity index (χ1) is 14.8. The van der Waals surface area contributed by atoms with Crippen molar-refractivity contribution >= 4 is 34.7 Å². The number of anilines is 2. The number of hydrogen-bond acceptors (Lipinski definition) is 4. The Balaban J connectivity index is 1.63. The standard InChI is InChI=1S/C25H23ClN2O3/c1-27(2)20-13-9-18(10-14-20)23(29)15-25(31)21-5-3-4-6-22(21)28(24(25)30)16-17-7-11-19(26)12-8-17/h3-14,31H,15-16H2,1-2H3/t25-/m1/s1. The maximum absolute atomic E-state index is 13.4. The molecule has 1 amide bonds. The zero-order chi connectivity index (χ0) is 22.2. The Morgan fingerprint density at radius 2 is 1.65 bits per heavy atom. The van der Waals surface area contributed by atoms with E-state index in [-0.39, 0.29) is 18.7 Å². The van der Waals surface area contributed by atoms with Crippen LogP contribution in [-0.4, -0.2) is 30.9 Å². The largest absolute Gasteiger partial charge is 0.378 e. The molecular weight excluding hydrogens is 412 g/mol. The van der Waals surface area contributed by atoms with Crippen molar-refractivity contribution in [2.24, 2.45) is 0 Å². The van der Waals surface area contributed by atoms with E-state index in [1.807, 2.05) is 49.3 Å². The van der Waals surface area contributed by atoms with Gasteiger partial charge in [0.1, 0.15) is 0 Å². The number of fused-ring (bicyclic) bond motifs is 1. The zero-order valence-corrected chi connectivity index (χ0v) is 18.1. The van der Waals surface area contributed by atoms with E-state index in [2.05, 4.69) is 0 Å². The number of hydrogen-bond donors (Lipinski definition) is 1. The molecular formula is C25H23ClN2O3. The van der Waals surface area contributed by atoms with Gasteiger partial charge in [-0.05, 0) is 48.0 Å². The van der Waals surface area contributed by atoms with Crippen molar-refractivity contribution in [3.05, 3.63) is 94.5 Å². The van der Waals surface area contributed by atoms with E-state index in [1.54, 1.807) is 42.5 Å². The van der Waals surface area contributed by atoms with Crippen LogP contribution >= 0.6 is 11.6 Å². The SMILES string of the molecule is CN(C)c1ccc(C(=O)C[C@]2(O)C(=O)N(Cc3ccc(Cl)cc3)c3ccccc32)cc1. The molecule has 3 aromatic carbocycles. The highest BCUT2D eigenvalue weighted by Crippen LogP contribution is 2.43. The maximum Gasteiger partial charge on any atom is 0.264 e. The lowest BCUT2D eigenvalue weighted by Crippen LogP contribution is -2.41. The van der Waals surface area contributed by atoms with Crippen LogP contribution in [0, 0.1) is 0 Å². The summed E-state index contributed by atoms with van der Waals surface area (Å²) < 4.78 is 0. The third kappa shape index (κ3) is 3.94. The van der Waals surface area contributed by atoms with Gasteiger partial charge in [0, 0.05) is 35.9 Å². The quantitative estimate of drug-likeness (QED) is 0.583. The predicted octanol–water partition coefficient (Wildman–Crippen LogP) is 4.41. The van der Waals surface area contributed by atoms with Crippen molar-refractivity contribution in [3.8, 4) is 0 Å².